The van der Waals surface area contributed by atoms with Crippen LogP contribution < -0.4 is 0 Å². The zero-order valence-corrected chi connectivity index (χ0v) is 19.2. The molecule has 0 spiro atoms. The van der Waals surface area contributed by atoms with Crippen molar-refractivity contribution in [3.05, 3.63) is 66.2 Å². The van der Waals surface area contributed by atoms with Gasteiger partial charge in [-0.2, -0.15) is 0 Å². The van der Waals surface area contributed by atoms with E-state index in [4.69, 9.17) is 4.74 Å². The molecule has 0 saturated carbocycles. The molecule has 1 unspecified atom stereocenters. The number of aliphatic hydroxyl groups excluding tert-OH is 1. The lowest BCUT2D eigenvalue weighted by atomic mass is 9.91. The molecule has 1 aliphatic rings. The Morgan fingerprint density at radius 1 is 1.42 bits per heavy atom. The molecule has 0 aromatic carbocycles. The topological polar surface area (TPSA) is 92.5 Å². The summed E-state index contributed by atoms with van der Waals surface area (Å²) in [5.74, 6) is 0.259. The Kier molecular flexibility index (Phi) is 9.14. The third-order valence-electron chi connectivity index (χ3n) is 5.42. The minimum Gasteiger partial charge on any atom is -0.457 e. The summed E-state index contributed by atoms with van der Waals surface area (Å²) in [5.41, 5.74) is 0.783. The zero-order valence-electron chi connectivity index (χ0n) is 19.2. The number of carbonyl (C=O) groups is 1. The average Bonchev–Trinajstić information content (AvgIpc) is 2.69. The molecule has 6 heteroatoms. The van der Waals surface area contributed by atoms with Crippen LogP contribution in [0.1, 0.15) is 64.4 Å². The van der Waals surface area contributed by atoms with E-state index in [0.29, 0.717) is 12.8 Å². The molecule has 1 aromatic rings. The molecule has 169 valence electrons. The van der Waals surface area contributed by atoms with Gasteiger partial charge in [-0.15, -0.1) is 0 Å². The largest absolute Gasteiger partial charge is 0.457 e. The summed E-state index contributed by atoms with van der Waals surface area (Å²) in [6.45, 7) is 9.54. The van der Waals surface area contributed by atoms with Gasteiger partial charge in [0.15, 0.2) is 0 Å². The molecule has 1 radical (unpaired) electrons. The molecule has 0 aliphatic carbocycles. The number of rotatable bonds is 4. The van der Waals surface area contributed by atoms with E-state index in [9.17, 15) is 15.0 Å². The predicted molar refractivity (Wildman–Crippen MR) is 121 cm³/mol. The van der Waals surface area contributed by atoms with Gasteiger partial charge in [-0.05, 0) is 45.3 Å². The van der Waals surface area contributed by atoms with E-state index in [1.807, 2.05) is 58.1 Å². The Balaban J connectivity index is 2.17. The molecule has 5 atom stereocenters. The fourth-order valence-corrected chi connectivity index (χ4v) is 3.42. The standard InChI is InChI=1S/C25H35N2O4/c1-17(8-6-9-19(3)24-26-15-12-20(4)27-24)23-18(2)10-7-13-25(5,30)14-11-21(28)16-22(29)31-23/h6-10,12-13,15,18-19,21,23,28,30H,11,14,16H2,1-5H3/b9-6+,10-7+,17-8+/t18-,19?,21-,23+,25-/m0/s1. The summed E-state index contributed by atoms with van der Waals surface area (Å²) in [6.07, 6.45) is 12.4. The Labute approximate surface area is 185 Å². The number of aromatic nitrogens is 2. The molecule has 2 N–H and O–H groups in total. The summed E-state index contributed by atoms with van der Waals surface area (Å²) >= 11 is 0. The SMILES string of the molecule is C/C(=C\C=C\C(C)c1nccc(C)n1)[C@H]1OC(=O)C[C@@H](O)CC[C@@](C)(O)[CH]/C=C/[C@@H]1C. The summed E-state index contributed by atoms with van der Waals surface area (Å²) in [7, 11) is 0. The van der Waals surface area contributed by atoms with Crippen molar-refractivity contribution in [2.45, 2.75) is 77.6 Å². The second-order valence-electron chi connectivity index (χ2n) is 8.72. The highest BCUT2D eigenvalue weighted by Crippen LogP contribution is 2.24. The summed E-state index contributed by atoms with van der Waals surface area (Å²) in [4.78, 5) is 21.2. The highest BCUT2D eigenvalue weighted by Gasteiger charge is 2.26. The van der Waals surface area contributed by atoms with Crippen molar-refractivity contribution in [3.63, 3.8) is 0 Å². The van der Waals surface area contributed by atoms with Crippen LogP contribution in [0, 0.1) is 19.3 Å². The second-order valence-corrected chi connectivity index (χ2v) is 8.72. The van der Waals surface area contributed by atoms with Gasteiger partial charge in [0, 0.05) is 30.1 Å². The normalized spacial score (nSPS) is 30.9. The van der Waals surface area contributed by atoms with Gasteiger partial charge in [0.25, 0.3) is 0 Å². The van der Waals surface area contributed by atoms with Crippen LogP contribution >= 0.6 is 0 Å². The van der Waals surface area contributed by atoms with Crippen molar-refractivity contribution in [1.82, 2.24) is 9.97 Å². The van der Waals surface area contributed by atoms with Crippen molar-refractivity contribution >= 4 is 5.97 Å². The summed E-state index contributed by atoms with van der Waals surface area (Å²) in [5, 5.41) is 20.6. The maximum absolute atomic E-state index is 12.4. The van der Waals surface area contributed by atoms with Crippen LogP contribution in [0.4, 0.5) is 0 Å². The minimum atomic E-state index is -1.03. The predicted octanol–water partition coefficient (Wildman–Crippen LogP) is 4.00. The van der Waals surface area contributed by atoms with Crippen LogP contribution in [0.2, 0.25) is 0 Å². The molecule has 0 saturated heterocycles. The maximum Gasteiger partial charge on any atom is 0.309 e. The van der Waals surface area contributed by atoms with Crippen molar-refractivity contribution < 1.29 is 19.7 Å². The number of allylic oxidation sites excluding steroid dienone is 3. The Morgan fingerprint density at radius 2 is 2.16 bits per heavy atom. The number of cyclic esters (lactones) is 1. The fraction of sp³-hybridized carbons (Fsp3) is 0.520. The fourth-order valence-electron chi connectivity index (χ4n) is 3.42. The van der Waals surface area contributed by atoms with Crippen molar-refractivity contribution in [1.29, 1.82) is 0 Å². The van der Waals surface area contributed by atoms with Crippen LogP contribution in [-0.4, -0.2) is 44.0 Å². The molecule has 1 aliphatic heterocycles. The monoisotopic (exact) mass is 427 g/mol. The Bertz CT molecular complexity index is 829. The van der Waals surface area contributed by atoms with E-state index in [0.717, 1.165) is 17.1 Å². The number of hydrogen-bond donors (Lipinski definition) is 2. The first kappa shape index (κ1) is 25.0. The quantitative estimate of drug-likeness (QED) is 0.557. The van der Waals surface area contributed by atoms with Crippen LogP contribution in [0.5, 0.6) is 0 Å². The van der Waals surface area contributed by atoms with Gasteiger partial charge in [0.1, 0.15) is 11.9 Å². The molecule has 0 fully saturated rings. The lowest BCUT2D eigenvalue weighted by Crippen LogP contribution is -2.30. The summed E-state index contributed by atoms with van der Waals surface area (Å²) in [6, 6.07) is 1.87. The molecular formula is C25H35N2O4. The molecule has 0 bridgehead atoms. The van der Waals surface area contributed by atoms with Gasteiger partial charge in [-0.25, -0.2) is 9.97 Å². The second kappa shape index (κ2) is 11.3. The molecular weight excluding hydrogens is 392 g/mol. The van der Waals surface area contributed by atoms with E-state index >= 15 is 0 Å². The first-order valence-corrected chi connectivity index (χ1v) is 10.8. The van der Waals surface area contributed by atoms with Gasteiger partial charge < -0.3 is 14.9 Å². The first-order valence-electron chi connectivity index (χ1n) is 10.8. The number of ether oxygens (including phenoxy) is 1. The molecule has 6 nitrogen and oxygen atoms in total. The molecule has 2 heterocycles. The number of carbonyl (C=O) groups excluding carboxylic acids is 1. The molecule has 0 amide bonds. The third-order valence-corrected chi connectivity index (χ3v) is 5.42. The molecule has 1 aromatic heterocycles. The number of aliphatic hydroxyl groups is 2. The van der Waals surface area contributed by atoms with Gasteiger partial charge in [-0.3, -0.25) is 4.79 Å². The first-order chi connectivity index (χ1) is 14.6. The average molecular weight is 428 g/mol. The van der Waals surface area contributed by atoms with Crippen LogP contribution in [0.25, 0.3) is 0 Å². The highest BCUT2D eigenvalue weighted by molar-refractivity contribution is 5.70. The number of esters is 1. The smallest absolute Gasteiger partial charge is 0.309 e. The van der Waals surface area contributed by atoms with E-state index in [2.05, 4.69) is 9.97 Å². The van der Waals surface area contributed by atoms with Gasteiger partial charge in [0.05, 0.1) is 18.1 Å². The zero-order chi connectivity index (χ0) is 23.0. The van der Waals surface area contributed by atoms with Crippen molar-refractivity contribution in [2.75, 3.05) is 0 Å². The van der Waals surface area contributed by atoms with Crippen LogP contribution in [0.15, 0.2) is 48.2 Å². The number of nitrogens with zero attached hydrogens (tertiary/aromatic N) is 2. The summed E-state index contributed by atoms with van der Waals surface area (Å²) < 4.78 is 5.72. The van der Waals surface area contributed by atoms with E-state index in [1.54, 1.807) is 25.6 Å². The van der Waals surface area contributed by atoms with Gasteiger partial charge in [0.2, 0.25) is 0 Å². The van der Waals surface area contributed by atoms with Crippen LogP contribution in [-0.2, 0) is 9.53 Å². The Hall–Kier alpha value is -2.31. The number of aryl methyl sites for hydroxylation is 1. The minimum absolute atomic E-state index is 0.0482. The third kappa shape index (κ3) is 8.38. The number of hydrogen-bond acceptors (Lipinski definition) is 6. The van der Waals surface area contributed by atoms with Gasteiger partial charge in [-0.1, -0.05) is 44.2 Å². The maximum atomic E-state index is 12.4. The lowest BCUT2D eigenvalue weighted by Gasteiger charge is -2.27. The van der Waals surface area contributed by atoms with E-state index < -0.39 is 23.8 Å². The van der Waals surface area contributed by atoms with Crippen molar-refractivity contribution in [3.8, 4) is 0 Å². The van der Waals surface area contributed by atoms with Crippen molar-refractivity contribution in [2.24, 2.45) is 5.92 Å². The lowest BCUT2D eigenvalue weighted by molar-refractivity contribution is -0.151. The molecule has 2 rings (SSSR count). The van der Waals surface area contributed by atoms with E-state index in [1.165, 1.54) is 0 Å². The molecule has 31 heavy (non-hydrogen) atoms. The van der Waals surface area contributed by atoms with Crippen LogP contribution in [0.3, 0.4) is 0 Å². The highest BCUT2D eigenvalue weighted by atomic mass is 16.5. The van der Waals surface area contributed by atoms with E-state index in [-0.39, 0.29) is 18.3 Å². The Morgan fingerprint density at radius 3 is 2.87 bits per heavy atom. The van der Waals surface area contributed by atoms with Gasteiger partial charge >= 0.3 is 5.97 Å².